The highest BCUT2D eigenvalue weighted by Gasteiger charge is 2.15. The van der Waals surface area contributed by atoms with Gasteiger partial charge in [-0.1, -0.05) is 6.07 Å². The summed E-state index contributed by atoms with van der Waals surface area (Å²) in [5.41, 5.74) is 2.18. The first-order valence-corrected chi connectivity index (χ1v) is 5.72. The molecule has 1 aromatic heterocycles. The number of rotatable bonds is 0. The normalized spacial score (nSPS) is 15.2. The predicted octanol–water partition coefficient (Wildman–Crippen LogP) is 2.42. The van der Waals surface area contributed by atoms with Crippen LogP contribution in [0.2, 0.25) is 0 Å². The molecule has 0 spiro atoms. The third kappa shape index (κ3) is 1.13. The third-order valence-corrected chi connectivity index (χ3v) is 3.29. The smallest absolute Gasteiger partial charge is 0.172 e. The number of benzene rings is 1. The number of hydrogen-bond donors (Lipinski definition) is 0. The van der Waals surface area contributed by atoms with Gasteiger partial charge in [0.05, 0.1) is 12.1 Å². The minimum atomic E-state index is 0.802. The second-order valence-electron chi connectivity index (χ2n) is 3.36. The van der Waals surface area contributed by atoms with Crippen molar-refractivity contribution < 1.29 is 4.74 Å². The van der Waals surface area contributed by atoms with E-state index in [1.54, 1.807) is 0 Å². The Morgan fingerprint density at radius 2 is 2.36 bits per heavy atom. The van der Waals surface area contributed by atoms with Gasteiger partial charge in [-0.15, -0.1) is 0 Å². The minimum Gasteiger partial charge on any atom is -0.491 e. The van der Waals surface area contributed by atoms with E-state index in [0.29, 0.717) is 0 Å². The number of para-hydroxylation sites is 1. The molecule has 3 rings (SSSR count). The quantitative estimate of drug-likeness (QED) is 0.699. The lowest BCUT2D eigenvalue weighted by molar-refractivity contribution is 0.315. The third-order valence-electron chi connectivity index (χ3n) is 2.47. The van der Waals surface area contributed by atoms with Crippen LogP contribution in [0.4, 0.5) is 0 Å². The van der Waals surface area contributed by atoms with Crippen LogP contribution in [0.3, 0.4) is 0 Å². The molecule has 0 fully saturated rings. The summed E-state index contributed by atoms with van der Waals surface area (Å²) in [7, 11) is 0. The highest BCUT2D eigenvalue weighted by molar-refractivity contribution is 14.1. The number of aromatic nitrogens is 2. The number of nitrogens with zero attached hydrogens (tertiary/aromatic N) is 2. The van der Waals surface area contributed by atoms with Crippen LogP contribution in [0.5, 0.6) is 5.75 Å². The number of halogens is 1. The highest BCUT2D eigenvalue weighted by atomic mass is 127. The van der Waals surface area contributed by atoms with Crippen LogP contribution in [0.25, 0.3) is 11.0 Å². The zero-order valence-electron chi connectivity index (χ0n) is 7.53. The number of hydrogen-bond acceptors (Lipinski definition) is 2. The van der Waals surface area contributed by atoms with Crippen molar-refractivity contribution in [3.63, 3.8) is 0 Å². The number of aryl methyl sites for hydroxylation is 1. The molecule has 4 heteroatoms. The highest BCUT2D eigenvalue weighted by Crippen LogP contribution is 2.29. The first-order chi connectivity index (χ1) is 6.86. The van der Waals surface area contributed by atoms with Crippen LogP contribution in [-0.2, 0) is 6.54 Å². The van der Waals surface area contributed by atoms with E-state index in [2.05, 4.69) is 32.1 Å². The second kappa shape index (κ2) is 3.12. The fourth-order valence-electron chi connectivity index (χ4n) is 1.85. The van der Waals surface area contributed by atoms with Crippen LogP contribution < -0.4 is 4.74 Å². The zero-order chi connectivity index (χ0) is 9.54. The monoisotopic (exact) mass is 300 g/mol. The molecule has 2 heterocycles. The van der Waals surface area contributed by atoms with Crippen LogP contribution in [0.1, 0.15) is 6.42 Å². The van der Waals surface area contributed by atoms with Gasteiger partial charge in [-0.2, -0.15) is 0 Å². The molecule has 0 saturated heterocycles. The molecule has 0 bridgehead atoms. The number of ether oxygens (including phenoxy) is 1. The van der Waals surface area contributed by atoms with E-state index < -0.39 is 0 Å². The molecule has 1 aliphatic heterocycles. The van der Waals surface area contributed by atoms with Gasteiger partial charge >= 0.3 is 0 Å². The largest absolute Gasteiger partial charge is 0.491 e. The van der Waals surface area contributed by atoms with Gasteiger partial charge in [0.1, 0.15) is 11.3 Å². The van der Waals surface area contributed by atoms with Crippen LogP contribution in [-0.4, -0.2) is 16.2 Å². The SMILES string of the molecule is Ic1nc2cccc3c2n1CCCO3. The summed E-state index contributed by atoms with van der Waals surface area (Å²) in [5.74, 6) is 0.968. The van der Waals surface area contributed by atoms with Crippen molar-refractivity contribution in [1.82, 2.24) is 9.55 Å². The van der Waals surface area contributed by atoms with Crippen molar-refractivity contribution >= 4 is 33.6 Å². The van der Waals surface area contributed by atoms with E-state index in [-0.39, 0.29) is 0 Å². The zero-order valence-corrected chi connectivity index (χ0v) is 9.69. The summed E-state index contributed by atoms with van der Waals surface area (Å²) in [6.07, 6.45) is 1.05. The summed E-state index contributed by atoms with van der Waals surface area (Å²) >= 11 is 2.28. The molecule has 1 aromatic carbocycles. The van der Waals surface area contributed by atoms with E-state index in [1.807, 2.05) is 18.2 Å². The summed E-state index contributed by atoms with van der Waals surface area (Å²) in [6.45, 7) is 1.81. The fourth-order valence-corrected chi connectivity index (χ4v) is 2.59. The Bertz CT molecular complexity index is 492. The Balaban J connectivity index is 2.42. The van der Waals surface area contributed by atoms with Crippen molar-refractivity contribution in [3.05, 3.63) is 22.0 Å². The van der Waals surface area contributed by atoms with E-state index in [0.717, 1.165) is 40.2 Å². The van der Waals surface area contributed by atoms with Gasteiger partial charge in [0.2, 0.25) is 0 Å². The average molecular weight is 300 g/mol. The molecule has 0 radical (unpaired) electrons. The van der Waals surface area contributed by atoms with Crippen molar-refractivity contribution in [2.75, 3.05) is 6.61 Å². The molecule has 1 aliphatic rings. The molecule has 0 saturated carbocycles. The van der Waals surface area contributed by atoms with Gasteiger partial charge in [0.25, 0.3) is 0 Å². The maximum Gasteiger partial charge on any atom is 0.172 e. The topological polar surface area (TPSA) is 27.1 Å². The Morgan fingerprint density at radius 1 is 1.43 bits per heavy atom. The average Bonchev–Trinajstić information content (AvgIpc) is 2.39. The Labute approximate surface area is 95.2 Å². The van der Waals surface area contributed by atoms with Crippen LogP contribution >= 0.6 is 22.6 Å². The van der Waals surface area contributed by atoms with Gasteiger partial charge in [-0.25, -0.2) is 4.98 Å². The molecular weight excluding hydrogens is 291 g/mol. The van der Waals surface area contributed by atoms with Gasteiger partial charge < -0.3 is 9.30 Å². The first kappa shape index (κ1) is 8.52. The Hall–Kier alpha value is -0.780. The molecule has 72 valence electrons. The maximum absolute atomic E-state index is 5.67. The van der Waals surface area contributed by atoms with E-state index >= 15 is 0 Å². The van der Waals surface area contributed by atoms with Crippen molar-refractivity contribution in [1.29, 1.82) is 0 Å². The second-order valence-corrected chi connectivity index (χ2v) is 4.32. The number of imidazole rings is 1. The molecule has 0 atom stereocenters. The lowest BCUT2D eigenvalue weighted by Gasteiger charge is -2.02. The minimum absolute atomic E-state index is 0.802. The summed E-state index contributed by atoms with van der Waals surface area (Å²) in [5, 5.41) is 0. The van der Waals surface area contributed by atoms with Crippen LogP contribution in [0, 0.1) is 3.83 Å². The van der Waals surface area contributed by atoms with Crippen molar-refractivity contribution in [2.24, 2.45) is 0 Å². The van der Waals surface area contributed by atoms with Crippen molar-refractivity contribution in [3.8, 4) is 5.75 Å². The molecule has 2 aromatic rings. The molecule has 3 nitrogen and oxygen atoms in total. The summed E-state index contributed by atoms with van der Waals surface area (Å²) in [4.78, 5) is 4.50. The standard InChI is InChI=1S/C10H9IN2O/c11-10-12-7-3-1-4-8-9(7)13(10)5-2-6-14-8/h1,3-4H,2,5-6H2. The molecule has 0 unspecified atom stereocenters. The molecule has 14 heavy (non-hydrogen) atoms. The maximum atomic E-state index is 5.67. The molecule has 0 aliphatic carbocycles. The lowest BCUT2D eigenvalue weighted by atomic mass is 10.3. The summed E-state index contributed by atoms with van der Waals surface area (Å²) < 4.78 is 8.96. The van der Waals surface area contributed by atoms with Gasteiger partial charge in [0.15, 0.2) is 3.83 Å². The van der Waals surface area contributed by atoms with Gasteiger partial charge in [-0.05, 0) is 41.1 Å². The van der Waals surface area contributed by atoms with Crippen LogP contribution in [0.15, 0.2) is 18.2 Å². The molecular formula is C10H9IN2O. The lowest BCUT2D eigenvalue weighted by Crippen LogP contribution is -2.00. The van der Waals surface area contributed by atoms with E-state index in [1.165, 1.54) is 0 Å². The van der Waals surface area contributed by atoms with Crippen molar-refractivity contribution in [2.45, 2.75) is 13.0 Å². The van der Waals surface area contributed by atoms with Gasteiger partial charge in [0, 0.05) is 6.54 Å². The van der Waals surface area contributed by atoms with E-state index in [4.69, 9.17) is 4.74 Å². The first-order valence-electron chi connectivity index (χ1n) is 4.64. The summed E-state index contributed by atoms with van der Waals surface area (Å²) in [6, 6.07) is 6.05. The molecule has 0 amide bonds. The van der Waals surface area contributed by atoms with E-state index in [9.17, 15) is 0 Å². The fraction of sp³-hybridized carbons (Fsp3) is 0.300. The predicted molar refractivity (Wildman–Crippen MR) is 62.6 cm³/mol. The Morgan fingerprint density at radius 3 is 3.29 bits per heavy atom. The molecule has 0 N–H and O–H groups in total. The Kier molecular flexibility index (Phi) is 1.90. The van der Waals surface area contributed by atoms with Gasteiger partial charge in [-0.3, -0.25) is 0 Å².